The maximum absolute atomic E-state index is 11.3. The monoisotopic (exact) mass is 179 g/mol. The van der Waals surface area contributed by atoms with Crippen molar-refractivity contribution in [2.75, 3.05) is 11.4 Å². The molecule has 0 bridgehead atoms. The molecule has 2 N–H and O–H groups in total. The van der Waals surface area contributed by atoms with E-state index < -0.39 is 0 Å². The van der Waals surface area contributed by atoms with Crippen molar-refractivity contribution in [3.63, 3.8) is 0 Å². The highest BCUT2D eigenvalue weighted by Gasteiger charge is 2.29. The van der Waals surface area contributed by atoms with Gasteiger partial charge in [-0.1, -0.05) is 0 Å². The Bertz CT molecular complexity index is 314. The minimum atomic E-state index is -0.107. The predicted octanol–water partition coefficient (Wildman–Crippen LogP) is -1.06. The maximum atomic E-state index is 11.3. The minimum Gasteiger partial charge on any atom is -0.326 e. The summed E-state index contributed by atoms with van der Waals surface area (Å²) in [6.07, 6.45) is 3.09. The lowest BCUT2D eigenvalue weighted by molar-refractivity contribution is -0.117. The molecule has 1 aromatic rings. The van der Waals surface area contributed by atoms with E-state index in [2.05, 4.69) is 15.0 Å². The van der Waals surface area contributed by atoms with E-state index in [9.17, 15) is 4.79 Å². The fraction of sp³-hybridized carbons (Fsp3) is 0.429. The molecule has 0 aliphatic carbocycles. The molecule has 1 atom stereocenters. The molecule has 1 aliphatic heterocycles. The summed E-state index contributed by atoms with van der Waals surface area (Å²) < 4.78 is 0. The van der Waals surface area contributed by atoms with Crippen molar-refractivity contribution in [3.8, 4) is 0 Å². The van der Waals surface area contributed by atoms with E-state index in [1.165, 1.54) is 17.6 Å². The Hall–Kier alpha value is -1.56. The second kappa shape index (κ2) is 3.06. The van der Waals surface area contributed by atoms with Crippen LogP contribution in [0.1, 0.15) is 6.42 Å². The fourth-order valence-electron chi connectivity index (χ4n) is 1.30. The molecule has 2 heterocycles. The Balaban J connectivity index is 2.23. The number of nitrogens with zero attached hydrogens (tertiary/aromatic N) is 4. The van der Waals surface area contributed by atoms with Crippen LogP contribution in [0.15, 0.2) is 12.7 Å². The highest BCUT2D eigenvalue weighted by atomic mass is 16.2. The van der Waals surface area contributed by atoms with Gasteiger partial charge in [0.1, 0.15) is 12.7 Å². The average Bonchev–Trinajstić information content (AvgIpc) is 2.47. The molecule has 1 aromatic heterocycles. The summed E-state index contributed by atoms with van der Waals surface area (Å²) in [5.74, 6) is 0.353. The largest absolute Gasteiger partial charge is 0.326 e. The van der Waals surface area contributed by atoms with Gasteiger partial charge >= 0.3 is 0 Å². The molecule has 6 heteroatoms. The van der Waals surface area contributed by atoms with E-state index >= 15 is 0 Å². The first-order chi connectivity index (χ1) is 6.27. The van der Waals surface area contributed by atoms with Gasteiger partial charge in [0.05, 0.1) is 0 Å². The number of amides is 1. The van der Waals surface area contributed by atoms with E-state index in [0.29, 0.717) is 18.9 Å². The van der Waals surface area contributed by atoms with Crippen molar-refractivity contribution >= 4 is 11.9 Å². The number of hydrogen-bond donors (Lipinski definition) is 1. The average molecular weight is 179 g/mol. The van der Waals surface area contributed by atoms with Crippen LogP contribution in [0.25, 0.3) is 0 Å². The van der Waals surface area contributed by atoms with Gasteiger partial charge in [0.25, 0.3) is 0 Å². The maximum Gasteiger partial charge on any atom is 0.235 e. The molecule has 0 aromatic carbocycles. The zero-order valence-electron chi connectivity index (χ0n) is 6.92. The molecule has 0 spiro atoms. The summed E-state index contributed by atoms with van der Waals surface area (Å²) in [6, 6.07) is -0.107. The summed E-state index contributed by atoms with van der Waals surface area (Å²) in [4.78, 5) is 24.2. The SMILES string of the molecule is NC1CC(=O)N(c2ncncn2)C1. The molecule has 1 aliphatic rings. The zero-order valence-corrected chi connectivity index (χ0v) is 6.92. The first-order valence-corrected chi connectivity index (χ1v) is 3.95. The van der Waals surface area contributed by atoms with Gasteiger partial charge in [-0.3, -0.25) is 9.69 Å². The van der Waals surface area contributed by atoms with Gasteiger partial charge in [-0.05, 0) is 0 Å². The number of anilines is 1. The molecule has 0 saturated carbocycles. The van der Waals surface area contributed by atoms with Crippen molar-refractivity contribution in [2.45, 2.75) is 12.5 Å². The van der Waals surface area contributed by atoms with Crippen LogP contribution in [0.5, 0.6) is 0 Å². The Morgan fingerprint density at radius 1 is 1.46 bits per heavy atom. The summed E-state index contributed by atoms with van der Waals surface area (Å²) in [5.41, 5.74) is 5.62. The molecule has 6 nitrogen and oxygen atoms in total. The van der Waals surface area contributed by atoms with Gasteiger partial charge in [-0.25, -0.2) is 15.0 Å². The molecule has 68 valence electrons. The van der Waals surface area contributed by atoms with Crippen LogP contribution in [-0.2, 0) is 4.79 Å². The lowest BCUT2D eigenvalue weighted by Crippen LogP contribution is -2.29. The third-order valence-electron chi connectivity index (χ3n) is 1.88. The molecule has 13 heavy (non-hydrogen) atoms. The van der Waals surface area contributed by atoms with Crippen molar-refractivity contribution in [1.82, 2.24) is 15.0 Å². The van der Waals surface area contributed by atoms with E-state index in [1.54, 1.807) is 0 Å². The molecule has 2 rings (SSSR count). The van der Waals surface area contributed by atoms with Crippen LogP contribution < -0.4 is 10.6 Å². The number of aromatic nitrogens is 3. The second-order valence-corrected chi connectivity index (χ2v) is 2.91. The normalized spacial score (nSPS) is 22.4. The molecular formula is C7H9N5O. The van der Waals surface area contributed by atoms with Gasteiger partial charge in [-0.2, -0.15) is 0 Å². The van der Waals surface area contributed by atoms with Gasteiger partial charge in [0.2, 0.25) is 11.9 Å². The Morgan fingerprint density at radius 3 is 2.69 bits per heavy atom. The van der Waals surface area contributed by atoms with Crippen LogP contribution in [0.4, 0.5) is 5.95 Å². The van der Waals surface area contributed by atoms with E-state index in [0.717, 1.165) is 0 Å². The zero-order chi connectivity index (χ0) is 9.26. The highest BCUT2D eigenvalue weighted by molar-refractivity contribution is 5.94. The lowest BCUT2D eigenvalue weighted by Gasteiger charge is -2.11. The topological polar surface area (TPSA) is 85.0 Å². The highest BCUT2D eigenvalue weighted by Crippen LogP contribution is 2.14. The van der Waals surface area contributed by atoms with Crippen LogP contribution in [0.2, 0.25) is 0 Å². The van der Waals surface area contributed by atoms with Crippen LogP contribution in [0, 0.1) is 0 Å². The lowest BCUT2D eigenvalue weighted by atomic mass is 10.3. The van der Waals surface area contributed by atoms with E-state index in [-0.39, 0.29) is 11.9 Å². The molecule has 1 amide bonds. The number of carbonyl (C=O) groups is 1. The molecule has 1 fully saturated rings. The van der Waals surface area contributed by atoms with Crippen LogP contribution in [-0.4, -0.2) is 33.4 Å². The first-order valence-electron chi connectivity index (χ1n) is 3.95. The van der Waals surface area contributed by atoms with E-state index in [4.69, 9.17) is 5.73 Å². The Labute approximate surface area is 74.8 Å². The van der Waals surface area contributed by atoms with Gasteiger partial charge in [0, 0.05) is 19.0 Å². The summed E-state index contributed by atoms with van der Waals surface area (Å²) >= 11 is 0. The Kier molecular flexibility index (Phi) is 1.90. The molecular weight excluding hydrogens is 170 g/mol. The predicted molar refractivity (Wildman–Crippen MR) is 44.8 cm³/mol. The Morgan fingerprint density at radius 2 is 2.15 bits per heavy atom. The van der Waals surface area contributed by atoms with Gasteiger partial charge in [0.15, 0.2) is 0 Å². The van der Waals surface area contributed by atoms with Crippen LogP contribution in [0.3, 0.4) is 0 Å². The first kappa shape index (κ1) is 8.06. The standard InChI is InChI=1S/C7H9N5O/c8-5-1-6(13)12(2-5)7-10-3-9-4-11-7/h3-5H,1-2,8H2. The number of hydrogen-bond acceptors (Lipinski definition) is 5. The summed E-state index contributed by atoms with van der Waals surface area (Å²) in [6.45, 7) is 0.489. The van der Waals surface area contributed by atoms with Gasteiger partial charge < -0.3 is 5.73 Å². The quantitative estimate of drug-likeness (QED) is 0.593. The molecule has 0 radical (unpaired) electrons. The minimum absolute atomic E-state index is 0.0290. The number of rotatable bonds is 1. The van der Waals surface area contributed by atoms with Crippen molar-refractivity contribution in [1.29, 1.82) is 0 Å². The number of carbonyl (C=O) groups excluding carboxylic acids is 1. The van der Waals surface area contributed by atoms with Crippen molar-refractivity contribution in [2.24, 2.45) is 5.73 Å². The van der Waals surface area contributed by atoms with E-state index in [1.807, 2.05) is 0 Å². The van der Waals surface area contributed by atoms with Gasteiger partial charge in [-0.15, -0.1) is 0 Å². The van der Waals surface area contributed by atoms with Crippen LogP contribution >= 0.6 is 0 Å². The summed E-state index contributed by atoms with van der Waals surface area (Å²) in [5, 5.41) is 0. The molecule has 1 saturated heterocycles. The third kappa shape index (κ3) is 1.48. The van der Waals surface area contributed by atoms with Crippen molar-refractivity contribution < 1.29 is 4.79 Å². The second-order valence-electron chi connectivity index (χ2n) is 2.91. The smallest absolute Gasteiger partial charge is 0.235 e. The third-order valence-corrected chi connectivity index (χ3v) is 1.88. The molecule has 1 unspecified atom stereocenters. The fourth-order valence-corrected chi connectivity index (χ4v) is 1.30. The van der Waals surface area contributed by atoms with Crippen molar-refractivity contribution in [3.05, 3.63) is 12.7 Å². The number of nitrogens with two attached hydrogens (primary N) is 1. The summed E-state index contributed by atoms with van der Waals surface area (Å²) in [7, 11) is 0.